The summed E-state index contributed by atoms with van der Waals surface area (Å²) in [7, 11) is 0. The normalized spacial score (nSPS) is 12.2. The summed E-state index contributed by atoms with van der Waals surface area (Å²) < 4.78 is 11.3. The molecule has 0 aromatic heterocycles. The summed E-state index contributed by atoms with van der Waals surface area (Å²) in [6, 6.07) is 5.49. The highest BCUT2D eigenvalue weighted by molar-refractivity contribution is 5.94. The minimum atomic E-state index is 0.0582. The van der Waals surface area contributed by atoms with Gasteiger partial charge in [0.15, 0.2) is 5.78 Å². The lowest BCUT2D eigenvalue weighted by Gasteiger charge is -2.14. The average molecular weight is 250 g/mol. The minimum Gasteiger partial charge on any atom is -0.494 e. The molecule has 0 saturated carbocycles. The Balaban J connectivity index is 2.88. The Bertz CT molecular complexity index is 399. The van der Waals surface area contributed by atoms with Gasteiger partial charge in [-0.1, -0.05) is 6.92 Å². The van der Waals surface area contributed by atoms with E-state index >= 15 is 0 Å². The van der Waals surface area contributed by atoms with Gasteiger partial charge in [-0.25, -0.2) is 0 Å². The molecule has 0 aliphatic rings. The first-order valence-corrected chi connectivity index (χ1v) is 6.46. The van der Waals surface area contributed by atoms with Crippen molar-refractivity contribution in [1.82, 2.24) is 0 Å². The molecule has 100 valence electrons. The van der Waals surface area contributed by atoms with E-state index in [9.17, 15) is 4.79 Å². The van der Waals surface area contributed by atoms with Gasteiger partial charge in [0, 0.05) is 11.1 Å². The molecule has 1 aromatic carbocycles. The van der Waals surface area contributed by atoms with E-state index < -0.39 is 0 Å². The Kier molecular flexibility index (Phi) is 5.86. The van der Waals surface area contributed by atoms with E-state index in [0.29, 0.717) is 18.8 Å². The van der Waals surface area contributed by atoms with E-state index in [2.05, 4.69) is 6.92 Å². The third-order valence-corrected chi connectivity index (χ3v) is 2.87. The number of hydrogen-bond donors (Lipinski definition) is 0. The summed E-state index contributed by atoms with van der Waals surface area (Å²) >= 11 is 0. The summed E-state index contributed by atoms with van der Waals surface area (Å²) in [5, 5.41) is 0. The van der Waals surface area contributed by atoms with Gasteiger partial charge < -0.3 is 9.47 Å². The van der Waals surface area contributed by atoms with Crippen LogP contribution < -0.4 is 4.74 Å². The van der Waals surface area contributed by atoms with Gasteiger partial charge in [0.25, 0.3) is 0 Å². The van der Waals surface area contributed by atoms with Crippen molar-refractivity contribution in [3.05, 3.63) is 29.3 Å². The zero-order chi connectivity index (χ0) is 13.5. The lowest BCUT2D eigenvalue weighted by atomic mass is 10.1. The smallest absolute Gasteiger partial charge is 0.159 e. The van der Waals surface area contributed by atoms with E-state index in [1.165, 1.54) is 0 Å². The lowest BCUT2D eigenvalue weighted by molar-refractivity contribution is 0.0494. The first kappa shape index (κ1) is 14.7. The van der Waals surface area contributed by atoms with Gasteiger partial charge >= 0.3 is 0 Å². The molecule has 1 atom stereocenters. The van der Waals surface area contributed by atoms with Crippen LogP contribution >= 0.6 is 0 Å². The molecule has 0 radical (unpaired) electrons. The summed E-state index contributed by atoms with van der Waals surface area (Å²) in [6.07, 6.45) is 1.18. The van der Waals surface area contributed by atoms with Crippen LogP contribution in [-0.2, 0) is 11.3 Å². The molecule has 0 amide bonds. The fourth-order valence-electron chi connectivity index (χ4n) is 1.56. The molecular formula is C15H22O3. The van der Waals surface area contributed by atoms with Crippen LogP contribution in [0.5, 0.6) is 5.75 Å². The second-order valence-corrected chi connectivity index (χ2v) is 4.34. The van der Waals surface area contributed by atoms with Crippen molar-refractivity contribution in [2.45, 2.75) is 46.8 Å². The maximum atomic E-state index is 11.4. The first-order valence-electron chi connectivity index (χ1n) is 6.46. The topological polar surface area (TPSA) is 35.5 Å². The van der Waals surface area contributed by atoms with Crippen LogP contribution in [0, 0.1) is 0 Å². The number of carbonyl (C=O) groups excluding carboxylic acids is 1. The van der Waals surface area contributed by atoms with Crippen LogP contribution in [0.4, 0.5) is 0 Å². The standard InChI is InChI=1S/C15H22O3/c1-5-11(3)18-10-14-9-13(12(4)16)7-8-15(14)17-6-2/h7-9,11H,5-6,10H2,1-4H3. The molecule has 1 unspecified atom stereocenters. The number of Topliss-reactive ketones (excluding diaryl/α,β-unsaturated/α-hetero) is 1. The van der Waals surface area contributed by atoms with Gasteiger partial charge in [-0.15, -0.1) is 0 Å². The Morgan fingerprint density at radius 2 is 2.06 bits per heavy atom. The van der Waals surface area contributed by atoms with Crippen LogP contribution in [0.15, 0.2) is 18.2 Å². The Morgan fingerprint density at radius 3 is 2.61 bits per heavy atom. The predicted molar refractivity (Wildman–Crippen MR) is 72.2 cm³/mol. The van der Waals surface area contributed by atoms with Crippen LogP contribution in [0.1, 0.15) is 50.0 Å². The number of hydrogen-bond acceptors (Lipinski definition) is 3. The van der Waals surface area contributed by atoms with E-state index in [0.717, 1.165) is 17.7 Å². The second-order valence-electron chi connectivity index (χ2n) is 4.34. The molecule has 1 rings (SSSR count). The number of ketones is 1. The number of benzene rings is 1. The highest BCUT2D eigenvalue weighted by Crippen LogP contribution is 2.22. The van der Waals surface area contributed by atoms with Gasteiger partial charge in [0.2, 0.25) is 0 Å². The molecule has 0 bridgehead atoms. The monoisotopic (exact) mass is 250 g/mol. The van der Waals surface area contributed by atoms with Crippen LogP contribution in [0.25, 0.3) is 0 Å². The van der Waals surface area contributed by atoms with E-state index in [4.69, 9.17) is 9.47 Å². The van der Waals surface area contributed by atoms with Crippen molar-refractivity contribution in [3.8, 4) is 5.75 Å². The molecule has 18 heavy (non-hydrogen) atoms. The Morgan fingerprint density at radius 1 is 1.33 bits per heavy atom. The predicted octanol–water partition coefficient (Wildman–Crippen LogP) is 3.60. The van der Waals surface area contributed by atoms with Crippen molar-refractivity contribution in [2.24, 2.45) is 0 Å². The Labute approximate surface area is 109 Å². The maximum Gasteiger partial charge on any atom is 0.159 e. The van der Waals surface area contributed by atoms with Gasteiger partial charge in [-0.2, -0.15) is 0 Å². The van der Waals surface area contributed by atoms with E-state index in [1.54, 1.807) is 13.0 Å². The van der Waals surface area contributed by atoms with Crippen molar-refractivity contribution in [2.75, 3.05) is 6.61 Å². The summed E-state index contributed by atoms with van der Waals surface area (Å²) in [6.45, 7) is 8.71. The van der Waals surface area contributed by atoms with Crippen molar-refractivity contribution < 1.29 is 14.3 Å². The highest BCUT2D eigenvalue weighted by Gasteiger charge is 2.09. The van der Waals surface area contributed by atoms with E-state index in [-0.39, 0.29) is 11.9 Å². The lowest BCUT2D eigenvalue weighted by Crippen LogP contribution is -2.08. The molecule has 0 fully saturated rings. The summed E-state index contributed by atoms with van der Waals surface area (Å²) in [5.74, 6) is 0.855. The molecule has 0 aliphatic heterocycles. The fraction of sp³-hybridized carbons (Fsp3) is 0.533. The number of carbonyl (C=O) groups is 1. The fourth-order valence-corrected chi connectivity index (χ4v) is 1.56. The number of ether oxygens (including phenoxy) is 2. The summed E-state index contributed by atoms with van der Waals surface area (Å²) in [5.41, 5.74) is 1.63. The molecule has 3 nitrogen and oxygen atoms in total. The molecule has 0 saturated heterocycles. The molecular weight excluding hydrogens is 228 g/mol. The molecule has 0 heterocycles. The highest BCUT2D eigenvalue weighted by atomic mass is 16.5. The second kappa shape index (κ2) is 7.17. The van der Waals surface area contributed by atoms with Crippen molar-refractivity contribution in [1.29, 1.82) is 0 Å². The molecule has 0 N–H and O–H groups in total. The average Bonchev–Trinajstić information content (AvgIpc) is 2.37. The Hall–Kier alpha value is -1.35. The third-order valence-electron chi connectivity index (χ3n) is 2.87. The molecule has 0 spiro atoms. The quantitative estimate of drug-likeness (QED) is 0.693. The zero-order valence-electron chi connectivity index (χ0n) is 11.7. The molecule has 1 aromatic rings. The van der Waals surface area contributed by atoms with E-state index in [1.807, 2.05) is 26.0 Å². The summed E-state index contributed by atoms with van der Waals surface area (Å²) in [4.78, 5) is 11.4. The van der Waals surface area contributed by atoms with Crippen molar-refractivity contribution in [3.63, 3.8) is 0 Å². The van der Waals surface area contributed by atoms with Gasteiger partial charge in [-0.05, 0) is 45.4 Å². The van der Waals surface area contributed by atoms with Gasteiger partial charge in [0.1, 0.15) is 5.75 Å². The first-order chi connectivity index (χ1) is 8.58. The molecule has 0 aliphatic carbocycles. The zero-order valence-corrected chi connectivity index (χ0v) is 11.7. The largest absolute Gasteiger partial charge is 0.494 e. The van der Waals surface area contributed by atoms with Crippen LogP contribution in [0.2, 0.25) is 0 Å². The maximum absolute atomic E-state index is 11.4. The van der Waals surface area contributed by atoms with Crippen molar-refractivity contribution >= 4 is 5.78 Å². The number of rotatable bonds is 7. The van der Waals surface area contributed by atoms with Crippen LogP contribution in [-0.4, -0.2) is 18.5 Å². The SMILES string of the molecule is CCOc1ccc(C(C)=O)cc1COC(C)CC. The van der Waals surface area contributed by atoms with Crippen LogP contribution in [0.3, 0.4) is 0 Å². The van der Waals surface area contributed by atoms with Gasteiger partial charge in [0.05, 0.1) is 19.3 Å². The minimum absolute atomic E-state index is 0.0582. The third kappa shape index (κ3) is 4.15. The molecule has 3 heteroatoms. The van der Waals surface area contributed by atoms with Gasteiger partial charge in [-0.3, -0.25) is 4.79 Å².